The van der Waals surface area contributed by atoms with Gasteiger partial charge in [-0.2, -0.15) is 0 Å². The van der Waals surface area contributed by atoms with Gasteiger partial charge in [0.15, 0.2) is 0 Å². The predicted octanol–water partition coefficient (Wildman–Crippen LogP) is 2.05. The molecule has 0 heterocycles. The van der Waals surface area contributed by atoms with E-state index in [1.807, 2.05) is 24.3 Å². The number of hydrogen-bond acceptors (Lipinski definition) is 3. The summed E-state index contributed by atoms with van der Waals surface area (Å²) in [7, 11) is 1.64. The Bertz CT molecular complexity index is 439. The van der Waals surface area contributed by atoms with Crippen LogP contribution in [-0.2, 0) is 11.2 Å². The van der Waals surface area contributed by atoms with Gasteiger partial charge >= 0.3 is 0 Å². The van der Waals surface area contributed by atoms with Crippen molar-refractivity contribution in [2.75, 3.05) is 7.11 Å². The van der Waals surface area contributed by atoms with Crippen molar-refractivity contribution >= 4 is 5.91 Å². The van der Waals surface area contributed by atoms with E-state index in [9.17, 15) is 9.90 Å². The summed E-state index contributed by atoms with van der Waals surface area (Å²) in [5.74, 6) is 0.915. The van der Waals surface area contributed by atoms with Crippen molar-refractivity contribution in [2.45, 2.75) is 50.7 Å². The molecule has 0 spiro atoms. The Morgan fingerprint density at radius 2 is 2.10 bits per heavy atom. The van der Waals surface area contributed by atoms with E-state index < -0.39 is 0 Å². The Balaban J connectivity index is 1.74. The van der Waals surface area contributed by atoms with Gasteiger partial charge in [-0.25, -0.2) is 0 Å². The van der Waals surface area contributed by atoms with E-state index in [1.165, 1.54) is 0 Å². The first-order valence-corrected chi connectivity index (χ1v) is 7.27. The Kier molecular flexibility index (Phi) is 5.41. The highest BCUT2D eigenvalue weighted by Gasteiger charge is 2.20. The number of rotatable bonds is 5. The number of aliphatic hydroxyl groups excluding tert-OH is 1. The van der Waals surface area contributed by atoms with Crippen molar-refractivity contribution in [3.8, 4) is 5.75 Å². The quantitative estimate of drug-likeness (QED) is 0.866. The second-order valence-electron chi connectivity index (χ2n) is 5.42. The summed E-state index contributed by atoms with van der Waals surface area (Å²) in [4.78, 5) is 11.9. The molecule has 0 aliphatic heterocycles. The molecule has 1 fully saturated rings. The molecule has 1 aromatic rings. The Labute approximate surface area is 120 Å². The average molecular weight is 277 g/mol. The fourth-order valence-electron chi connectivity index (χ4n) is 2.61. The molecule has 0 radical (unpaired) electrons. The summed E-state index contributed by atoms with van der Waals surface area (Å²) in [6, 6.07) is 8.04. The van der Waals surface area contributed by atoms with Gasteiger partial charge in [0.1, 0.15) is 5.75 Å². The van der Waals surface area contributed by atoms with Crippen LogP contribution in [0.15, 0.2) is 24.3 Å². The molecule has 2 N–H and O–H groups in total. The molecule has 1 aliphatic carbocycles. The van der Waals surface area contributed by atoms with Crippen LogP contribution in [-0.4, -0.2) is 30.3 Å². The van der Waals surface area contributed by atoms with Crippen LogP contribution in [0, 0.1) is 0 Å². The predicted molar refractivity (Wildman–Crippen MR) is 77.7 cm³/mol. The van der Waals surface area contributed by atoms with Gasteiger partial charge < -0.3 is 15.2 Å². The Morgan fingerprint density at radius 1 is 1.35 bits per heavy atom. The lowest BCUT2D eigenvalue weighted by molar-refractivity contribution is -0.122. The second-order valence-corrected chi connectivity index (χ2v) is 5.42. The molecule has 1 amide bonds. The van der Waals surface area contributed by atoms with Crippen LogP contribution in [0.5, 0.6) is 5.75 Å². The van der Waals surface area contributed by atoms with Crippen molar-refractivity contribution < 1.29 is 14.6 Å². The zero-order valence-corrected chi connectivity index (χ0v) is 12.0. The second kappa shape index (κ2) is 7.29. The number of benzene rings is 1. The van der Waals surface area contributed by atoms with E-state index in [1.54, 1.807) is 7.11 Å². The molecule has 20 heavy (non-hydrogen) atoms. The third-order valence-corrected chi connectivity index (χ3v) is 3.84. The van der Waals surface area contributed by atoms with Gasteiger partial charge in [0.2, 0.25) is 5.91 Å². The molecular weight excluding hydrogens is 254 g/mol. The molecule has 110 valence electrons. The molecule has 2 rings (SSSR count). The summed E-state index contributed by atoms with van der Waals surface area (Å²) in [5, 5.41) is 12.5. The maximum absolute atomic E-state index is 11.9. The van der Waals surface area contributed by atoms with Gasteiger partial charge in [-0.3, -0.25) is 4.79 Å². The minimum atomic E-state index is -0.181. The first-order valence-electron chi connectivity index (χ1n) is 7.27. The summed E-state index contributed by atoms with van der Waals surface area (Å²) >= 11 is 0. The van der Waals surface area contributed by atoms with E-state index in [-0.39, 0.29) is 18.1 Å². The number of carbonyl (C=O) groups excluding carboxylic acids is 1. The van der Waals surface area contributed by atoms with Gasteiger partial charge in [-0.05, 0) is 49.8 Å². The third kappa shape index (κ3) is 4.53. The summed E-state index contributed by atoms with van der Waals surface area (Å²) in [6.45, 7) is 0. The van der Waals surface area contributed by atoms with Gasteiger partial charge in [-0.1, -0.05) is 12.1 Å². The molecule has 0 unspecified atom stereocenters. The Hall–Kier alpha value is -1.55. The fraction of sp³-hybridized carbons (Fsp3) is 0.562. The van der Waals surface area contributed by atoms with Crippen LogP contribution in [0.25, 0.3) is 0 Å². The molecule has 0 aromatic heterocycles. The fourth-order valence-corrected chi connectivity index (χ4v) is 2.61. The molecular formula is C16H23NO3. The number of nitrogens with one attached hydrogen (secondary N) is 1. The van der Waals surface area contributed by atoms with E-state index in [2.05, 4.69) is 5.32 Å². The normalized spacial score (nSPS) is 22.3. The molecule has 0 saturated heterocycles. The summed E-state index contributed by atoms with van der Waals surface area (Å²) < 4.78 is 5.17. The molecule has 1 aromatic carbocycles. The Morgan fingerprint density at radius 3 is 2.80 bits per heavy atom. The summed E-state index contributed by atoms with van der Waals surface area (Å²) in [6.07, 6.45) is 4.38. The number of aryl methyl sites for hydroxylation is 1. The van der Waals surface area contributed by atoms with Crippen LogP contribution in [0.2, 0.25) is 0 Å². The van der Waals surface area contributed by atoms with E-state index >= 15 is 0 Å². The van der Waals surface area contributed by atoms with Crippen LogP contribution in [0.1, 0.15) is 37.7 Å². The van der Waals surface area contributed by atoms with Crippen LogP contribution in [0.3, 0.4) is 0 Å². The largest absolute Gasteiger partial charge is 0.497 e. The van der Waals surface area contributed by atoms with E-state index in [0.717, 1.165) is 43.4 Å². The summed E-state index contributed by atoms with van der Waals surface area (Å²) in [5.41, 5.74) is 1.11. The maximum Gasteiger partial charge on any atom is 0.220 e. The zero-order chi connectivity index (χ0) is 14.4. The standard InChI is InChI=1S/C16H23NO3/c1-20-15-4-2-3-12(11-15)5-10-16(19)17-13-6-8-14(18)9-7-13/h2-4,11,13-14,18H,5-10H2,1H3,(H,17,19). The van der Waals surface area contributed by atoms with Gasteiger partial charge in [0.25, 0.3) is 0 Å². The van der Waals surface area contributed by atoms with Crippen molar-refractivity contribution in [1.82, 2.24) is 5.32 Å². The number of methoxy groups -OCH3 is 1. The highest BCUT2D eigenvalue weighted by Crippen LogP contribution is 2.18. The lowest BCUT2D eigenvalue weighted by atomic mass is 9.93. The highest BCUT2D eigenvalue weighted by molar-refractivity contribution is 5.76. The van der Waals surface area contributed by atoms with Crippen molar-refractivity contribution in [3.63, 3.8) is 0 Å². The maximum atomic E-state index is 11.9. The average Bonchev–Trinajstić information content (AvgIpc) is 2.48. The lowest BCUT2D eigenvalue weighted by Gasteiger charge is -2.26. The molecule has 1 aliphatic rings. The van der Waals surface area contributed by atoms with Crippen LogP contribution < -0.4 is 10.1 Å². The van der Waals surface area contributed by atoms with E-state index in [4.69, 9.17) is 4.74 Å². The molecule has 0 bridgehead atoms. The monoisotopic (exact) mass is 277 g/mol. The zero-order valence-electron chi connectivity index (χ0n) is 12.0. The van der Waals surface area contributed by atoms with Crippen LogP contribution >= 0.6 is 0 Å². The van der Waals surface area contributed by atoms with Gasteiger partial charge in [0.05, 0.1) is 13.2 Å². The minimum absolute atomic E-state index is 0.0919. The van der Waals surface area contributed by atoms with Crippen molar-refractivity contribution in [2.24, 2.45) is 0 Å². The number of aliphatic hydroxyl groups is 1. The molecule has 1 saturated carbocycles. The van der Waals surface area contributed by atoms with Gasteiger partial charge in [-0.15, -0.1) is 0 Å². The first-order chi connectivity index (χ1) is 9.67. The minimum Gasteiger partial charge on any atom is -0.497 e. The van der Waals surface area contributed by atoms with Gasteiger partial charge in [0, 0.05) is 12.5 Å². The lowest BCUT2D eigenvalue weighted by Crippen LogP contribution is -2.38. The number of hydrogen-bond donors (Lipinski definition) is 2. The van der Waals surface area contributed by atoms with E-state index in [0.29, 0.717) is 6.42 Å². The first kappa shape index (κ1) is 14.9. The molecule has 0 atom stereocenters. The third-order valence-electron chi connectivity index (χ3n) is 3.84. The van der Waals surface area contributed by atoms with Crippen LogP contribution in [0.4, 0.5) is 0 Å². The van der Waals surface area contributed by atoms with Crippen molar-refractivity contribution in [3.05, 3.63) is 29.8 Å². The highest BCUT2D eigenvalue weighted by atomic mass is 16.5. The number of amides is 1. The smallest absolute Gasteiger partial charge is 0.220 e. The molecule has 4 heteroatoms. The number of ether oxygens (including phenoxy) is 1. The topological polar surface area (TPSA) is 58.6 Å². The SMILES string of the molecule is COc1cccc(CCC(=O)NC2CCC(O)CC2)c1. The van der Waals surface area contributed by atoms with Crippen molar-refractivity contribution in [1.29, 1.82) is 0 Å². The number of carbonyl (C=O) groups is 1. The molecule has 4 nitrogen and oxygen atoms in total.